The first-order valence-corrected chi connectivity index (χ1v) is 16.4. The molecule has 5 amide bonds. The van der Waals surface area contributed by atoms with E-state index < -0.39 is 0 Å². The van der Waals surface area contributed by atoms with Crippen LogP contribution in [-0.4, -0.2) is 63.4 Å². The van der Waals surface area contributed by atoms with E-state index in [1.54, 1.807) is 4.90 Å². The van der Waals surface area contributed by atoms with Gasteiger partial charge in [0.1, 0.15) is 0 Å². The zero-order valence-corrected chi connectivity index (χ0v) is 29.4. The molecule has 4 atom stereocenters. The van der Waals surface area contributed by atoms with Gasteiger partial charge in [0.25, 0.3) is 0 Å². The largest absolute Gasteiger partial charge is 0.319 e. The van der Waals surface area contributed by atoms with Crippen LogP contribution in [0.5, 0.6) is 0 Å². The molecule has 8 nitrogen and oxygen atoms in total. The summed E-state index contributed by atoms with van der Waals surface area (Å²) in [7, 11) is 1.85. The van der Waals surface area contributed by atoms with Crippen LogP contribution < -0.4 is 0 Å². The highest BCUT2D eigenvalue weighted by Crippen LogP contribution is 2.40. The maximum absolute atomic E-state index is 12.0. The lowest BCUT2D eigenvalue weighted by molar-refractivity contribution is -0.143. The van der Waals surface area contributed by atoms with Gasteiger partial charge in [-0.2, -0.15) is 0 Å². The number of carbonyl (C=O) groups is 5. The highest BCUT2D eigenvalue weighted by atomic mass is 16.2. The summed E-state index contributed by atoms with van der Waals surface area (Å²) in [4.78, 5) is 63.2. The van der Waals surface area contributed by atoms with Gasteiger partial charge in [0.2, 0.25) is 29.5 Å². The van der Waals surface area contributed by atoms with Crippen molar-refractivity contribution in [3.63, 3.8) is 0 Å². The quantitative estimate of drug-likeness (QED) is 0.279. The standard InChI is InChI=1S/C13H23NO.2C11H19NO2/c1-8(2)7-11-12(9(3)4)10(5)14(6)13(11)15;2*1-7(2)5-9-6-10(13)12(8(3)4)11(9)14/h8-9,11-12H,5,7H2,1-4,6H3;2*7-9H,5-6H2,1-4H3. The van der Waals surface area contributed by atoms with E-state index in [2.05, 4.69) is 62.0 Å². The van der Waals surface area contributed by atoms with Crippen molar-refractivity contribution in [1.82, 2.24) is 14.7 Å². The maximum atomic E-state index is 12.0. The Bertz CT molecular complexity index is 961. The van der Waals surface area contributed by atoms with E-state index in [-0.39, 0.29) is 59.4 Å². The van der Waals surface area contributed by atoms with E-state index in [4.69, 9.17) is 0 Å². The Labute approximate surface area is 262 Å². The minimum Gasteiger partial charge on any atom is -0.319 e. The number of likely N-dealkylation sites (tertiary alicyclic amines) is 3. The second kappa shape index (κ2) is 16.5. The van der Waals surface area contributed by atoms with E-state index in [1.165, 1.54) is 9.80 Å². The molecule has 43 heavy (non-hydrogen) atoms. The van der Waals surface area contributed by atoms with Gasteiger partial charge in [0.05, 0.1) is 0 Å². The lowest BCUT2D eigenvalue weighted by Crippen LogP contribution is -2.36. The molecule has 0 saturated carbocycles. The monoisotopic (exact) mass is 603 g/mol. The van der Waals surface area contributed by atoms with Crippen molar-refractivity contribution >= 4 is 29.5 Å². The van der Waals surface area contributed by atoms with Gasteiger partial charge < -0.3 is 4.90 Å². The molecule has 3 rings (SSSR count). The van der Waals surface area contributed by atoms with Crippen molar-refractivity contribution < 1.29 is 24.0 Å². The van der Waals surface area contributed by atoms with Gasteiger partial charge in [0.15, 0.2) is 0 Å². The molecular weight excluding hydrogens is 542 g/mol. The fourth-order valence-electron chi connectivity index (χ4n) is 6.63. The molecule has 0 aromatic rings. The normalized spacial score (nSPS) is 24.5. The van der Waals surface area contributed by atoms with Crippen molar-refractivity contribution in [2.24, 2.45) is 47.3 Å². The van der Waals surface area contributed by atoms with Crippen LogP contribution in [-0.2, 0) is 24.0 Å². The van der Waals surface area contributed by atoms with E-state index in [0.29, 0.717) is 42.4 Å². The van der Waals surface area contributed by atoms with Crippen LogP contribution >= 0.6 is 0 Å². The average molecular weight is 604 g/mol. The summed E-state index contributed by atoms with van der Waals surface area (Å²) in [5.41, 5.74) is 1.00. The van der Waals surface area contributed by atoms with Crippen molar-refractivity contribution in [2.75, 3.05) is 7.05 Å². The third-order valence-corrected chi connectivity index (χ3v) is 8.44. The molecule has 8 heteroatoms. The van der Waals surface area contributed by atoms with Crippen molar-refractivity contribution in [3.05, 3.63) is 12.3 Å². The fourth-order valence-corrected chi connectivity index (χ4v) is 6.63. The smallest absolute Gasteiger partial charge is 0.233 e. The van der Waals surface area contributed by atoms with E-state index in [9.17, 15) is 24.0 Å². The Kier molecular flexibility index (Phi) is 14.8. The summed E-state index contributed by atoms with van der Waals surface area (Å²) < 4.78 is 0. The van der Waals surface area contributed by atoms with Gasteiger partial charge in [-0.25, -0.2) is 0 Å². The van der Waals surface area contributed by atoms with Crippen LogP contribution in [0.2, 0.25) is 0 Å². The molecule has 4 unspecified atom stereocenters. The first kappa shape index (κ1) is 38.5. The Morgan fingerprint density at radius 1 is 0.605 bits per heavy atom. The van der Waals surface area contributed by atoms with Gasteiger partial charge in [-0.05, 0) is 70.6 Å². The van der Waals surface area contributed by atoms with E-state index in [0.717, 1.165) is 25.0 Å². The molecule has 0 N–H and O–H groups in total. The van der Waals surface area contributed by atoms with Gasteiger partial charge in [-0.1, -0.05) is 62.0 Å². The minimum absolute atomic E-state index is 0.00403. The molecule has 3 saturated heterocycles. The van der Waals surface area contributed by atoms with Crippen LogP contribution in [0.3, 0.4) is 0 Å². The van der Waals surface area contributed by atoms with Crippen LogP contribution in [0, 0.1) is 47.3 Å². The maximum Gasteiger partial charge on any atom is 0.233 e. The number of amides is 5. The Morgan fingerprint density at radius 2 is 0.953 bits per heavy atom. The molecule has 0 bridgehead atoms. The molecule has 3 aliphatic rings. The van der Waals surface area contributed by atoms with Gasteiger partial charge in [0, 0.05) is 61.3 Å². The molecule has 0 aromatic carbocycles. The molecule has 246 valence electrons. The fraction of sp³-hybridized carbons (Fsp3) is 0.800. The molecule has 0 radical (unpaired) electrons. The van der Waals surface area contributed by atoms with Gasteiger partial charge >= 0.3 is 0 Å². The lowest BCUT2D eigenvalue weighted by Gasteiger charge is -2.22. The van der Waals surface area contributed by atoms with Crippen LogP contribution in [0.1, 0.15) is 115 Å². The van der Waals surface area contributed by atoms with Crippen molar-refractivity contribution in [2.45, 2.75) is 127 Å². The van der Waals surface area contributed by atoms with Crippen molar-refractivity contribution in [1.29, 1.82) is 0 Å². The first-order valence-electron chi connectivity index (χ1n) is 16.4. The second-order valence-corrected chi connectivity index (χ2v) is 14.8. The number of imide groups is 2. The summed E-state index contributed by atoms with van der Waals surface area (Å²) in [6, 6.07) is 0.0133. The Balaban J connectivity index is 0.000000323. The number of hydrogen-bond acceptors (Lipinski definition) is 5. The molecule has 0 aromatic heterocycles. The molecule has 3 fully saturated rings. The Hall–Kier alpha value is -2.51. The summed E-state index contributed by atoms with van der Waals surface area (Å²) in [5.74, 6) is 2.68. The summed E-state index contributed by atoms with van der Waals surface area (Å²) in [6.07, 6.45) is 3.46. The SMILES string of the molecule is C=C1C(C(C)C)C(CC(C)C)C(=O)N1C.CC(C)CC1CC(=O)N(C(C)C)C1=O.CC(C)CC1CC(=O)N(C(C)C)C1=O. The molecule has 0 spiro atoms. The topological polar surface area (TPSA) is 95.1 Å². The van der Waals surface area contributed by atoms with E-state index >= 15 is 0 Å². The van der Waals surface area contributed by atoms with Crippen LogP contribution in [0.15, 0.2) is 12.3 Å². The Morgan fingerprint density at radius 3 is 1.21 bits per heavy atom. The molecule has 0 aliphatic carbocycles. The van der Waals surface area contributed by atoms with Crippen LogP contribution in [0.4, 0.5) is 0 Å². The number of rotatable bonds is 9. The summed E-state index contributed by atoms with van der Waals surface area (Å²) in [5, 5.41) is 0. The van der Waals surface area contributed by atoms with Crippen molar-refractivity contribution in [3.8, 4) is 0 Å². The summed E-state index contributed by atoms with van der Waals surface area (Å²) >= 11 is 0. The highest BCUT2D eigenvalue weighted by Gasteiger charge is 2.43. The van der Waals surface area contributed by atoms with E-state index in [1.807, 2.05) is 34.7 Å². The highest BCUT2D eigenvalue weighted by molar-refractivity contribution is 6.04. The molecule has 3 aliphatic heterocycles. The predicted molar refractivity (Wildman–Crippen MR) is 172 cm³/mol. The minimum atomic E-state index is -0.0649. The van der Waals surface area contributed by atoms with Gasteiger partial charge in [-0.15, -0.1) is 0 Å². The number of allylic oxidation sites excluding steroid dienone is 1. The second-order valence-electron chi connectivity index (χ2n) is 14.8. The zero-order valence-electron chi connectivity index (χ0n) is 29.4. The number of nitrogens with zero attached hydrogens (tertiary/aromatic N) is 3. The predicted octanol–water partition coefficient (Wildman–Crippen LogP) is 6.54. The van der Waals surface area contributed by atoms with Gasteiger partial charge in [-0.3, -0.25) is 33.8 Å². The average Bonchev–Trinajstić information content (AvgIpc) is 3.37. The van der Waals surface area contributed by atoms with Crippen LogP contribution in [0.25, 0.3) is 0 Å². The zero-order chi connectivity index (χ0) is 33.5. The summed E-state index contributed by atoms with van der Waals surface area (Å²) in [6.45, 7) is 28.6. The number of hydrogen-bond donors (Lipinski definition) is 0. The molecular formula is C35H61N3O5. The number of carbonyl (C=O) groups excluding carboxylic acids is 5. The first-order chi connectivity index (χ1) is 19.7. The lowest BCUT2D eigenvalue weighted by atomic mass is 9.80. The third-order valence-electron chi connectivity index (χ3n) is 8.44. The molecule has 3 heterocycles. The third kappa shape index (κ3) is 10.3.